The first-order chi connectivity index (χ1) is 10.5. The van der Waals surface area contributed by atoms with E-state index in [9.17, 15) is 4.79 Å². The van der Waals surface area contributed by atoms with Gasteiger partial charge in [0.15, 0.2) is 0 Å². The van der Waals surface area contributed by atoms with Crippen LogP contribution in [0.25, 0.3) is 0 Å². The standard InChI is InChI=1S/C15H19N3O3S/c1-9(2)14-17-18-15(21-14)22-8-13(19)16-12-6-5-11(20-4)7-10(12)3/h5-7,9H,8H2,1-4H3,(H,16,19). The summed E-state index contributed by atoms with van der Waals surface area (Å²) in [6.07, 6.45) is 0. The SMILES string of the molecule is COc1ccc(NC(=O)CSc2nnc(C(C)C)o2)c(C)c1. The van der Waals surface area contributed by atoms with Crippen LogP contribution in [0.4, 0.5) is 5.69 Å². The van der Waals surface area contributed by atoms with E-state index in [0.717, 1.165) is 17.0 Å². The number of amides is 1. The van der Waals surface area contributed by atoms with Gasteiger partial charge in [0.05, 0.1) is 12.9 Å². The topological polar surface area (TPSA) is 77.2 Å². The fourth-order valence-corrected chi connectivity index (χ4v) is 2.30. The van der Waals surface area contributed by atoms with Gasteiger partial charge in [0, 0.05) is 11.6 Å². The number of methoxy groups -OCH3 is 1. The highest BCUT2D eigenvalue weighted by Gasteiger charge is 2.12. The molecule has 2 rings (SSSR count). The molecule has 2 aromatic rings. The van der Waals surface area contributed by atoms with Crippen molar-refractivity contribution >= 4 is 23.4 Å². The first-order valence-corrected chi connectivity index (χ1v) is 7.89. The second-order valence-electron chi connectivity index (χ2n) is 5.08. The highest BCUT2D eigenvalue weighted by atomic mass is 32.2. The highest BCUT2D eigenvalue weighted by molar-refractivity contribution is 7.99. The number of aromatic nitrogens is 2. The Labute approximate surface area is 133 Å². The second-order valence-corrected chi connectivity index (χ2v) is 6.01. The first-order valence-electron chi connectivity index (χ1n) is 6.90. The van der Waals surface area contributed by atoms with Crippen LogP contribution in [-0.2, 0) is 4.79 Å². The van der Waals surface area contributed by atoms with Gasteiger partial charge in [-0.05, 0) is 30.7 Å². The Morgan fingerprint density at radius 3 is 2.77 bits per heavy atom. The predicted octanol–water partition coefficient (Wildman–Crippen LogP) is 3.24. The molecule has 1 heterocycles. The number of rotatable bonds is 6. The van der Waals surface area contributed by atoms with Crippen LogP contribution < -0.4 is 10.1 Å². The third-order valence-corrected chi connectivity index (χ3v) is 3.77. The molecule has 1 aromatic heterocycles. The summed E-state index contributed by atoms with van der Waals surface area (Å²) < 4.78 is 10.6. The Hall–Kier alpha value is -2.02. The van der Waals surface area contributed by atoms with Crippen molar-refractivity contribution in [2.45, 2.75) is 31.9 Å². The number of aryl methyl sites for hydroxylation is 1. The summed E-state index contributed by atoms with van der Waals surface area (Å²) >= 11 is 1.22. The van der Waals surface area contributed by atoms with Crippen molar-refractivity contribution in [2.24, 2.45) is 0 Å². The van der Waals surface area contributed by atoms with Crippen molar-refractivity contribution in [3.8, 4) is 5.75 Å². The maximum Gasteiger partial charge on any atom is 0.277 e. The number of thioether (sulfide) groups is 1. The van der Waals surface area contributed by atoms with Gasteiger partial charge in [-0.15, -0.1) is 10.2 Å². The van der Waals surface area contributed by atoms with E-state index >= 15 is 0 Å². The Kier molecular flexibility index (Phi) is 5.43. The molecule has 0 saturated heterocycles. The van der Waals surface area contributed by atoms with Gasteiger partial charge in [0.25, 0.3) is 5.22 Å². The van der Waals surface area contributed by atoms with Crippen molar-refractivity contribution in [1.29, 1.82) is 0 Å². The molecule has 0 fully saturated rings. The summed E-state index contributed by atoms with van der Waals surface area (Å²) in [5.41, 5.74) is 1.71. The molecule has 1 amide bonds. The monoisotopic (exact) mass is 321 g/mol. The molecular formula is C15H19N3O3S. The molecule has 118 valence electrons. The molecule has 0 saturated carbocycles. The third-order valence-electron chi connectivity index (χ3n) is 2.95. The van der Waals surface area contributed by atoms with Gasteiger partial charge in [-0.25, -0.2) is 0 Å². The zero-order valence-electron chi connectivity index (χ0n) is 13.0. The van der Waals surface area contributed by atoms with Gasteiger partial charge in [-0.1, -0.05) is 25.6 Å². The van der Waals surface area contributed by atoms with Gasteiger partial charge in [-0.2, -0.15) is 0 Å². The van der Waals surface area contributed by atoms with E-state index in [-0.39, 0.29) is 17.6 Å². The van der Waals surface area contributed by atoms with E-state index in [0.29, 0.717) is 11.1 Å². The number of carbonyl (C=O) groups excluding carboxylic acids is 1. The molecule has 1 N–H and O–H groups in total. The van der Waals surface area contributed by atoms with E-state index in [4.69, 9.17) is 9.15 Å². The second kappa shape index (κ2) is 7.31. The zero-order valence-corrected chi connectivity index (χ0v) is 13.9. The summed E-state index contributed by atoms with van der Waals surface area (Å²) in [7, 11) is 1.61. The fourth-order valence-electron chi connectivity index (χ4n) is 1.73. The number of ether oxygens (including phenoxy) is 1. The summed E-state index contributed by atoms with van der Waals surface area (Å²) in [6, 6.07) is 5.50. The smallest absolute Gasteiger partial charge is 0.277 e. The van der Waals surface area contributed by atoms with Crippen LogP contribution >= 0.6 is 11.8 Å². The minimum absolute atomic E-state index is 0.123. The lowest BCUT2D eigenvalue weighted by Gasteiger charge is -2.09. The lowest BCUT2D eigenvalue weighted by Crippen LogP contribution is -2.14. The van der Waals surface area contributed by atoms with Crippen LogP contribution in [0.5, 0.6) is 5.75 Å². The minimum Gasteiger partial charge on any atom is -0.497 e. The Morgan fingerprint density at radius 1 is 1.41 bits per heavy atom. The Balaban J connectivity index is 1.90. The lowest BCUT2D eigenvalue weighted by atomic mass is 10.2. The largest absolute Gasteiger partial charge is 0.497 e. The van der Waals surface area contributed by atoms with Crippen molar-refractivity contribution in [2.75, 3.05) is 18.2 Å². The number of benzene rings is 1. The van der Waals surface area contributed by atoms with E-state index in [1.807, 2.05) is 39.0 Å². The van der Waals surface area contributed by atoms with Gasteiger partial charge in [0.2, 0.25) is 11.8 Å². The Morgan fingerprint density at radius 2 is 2.18 bits per heavy atom. The summed E-state index contributed by atoms with van der Waals surface area (Å²) in [4.78, 5) is 12.0. The van der Waals surface area contributed by atoms with Crippen LogP contribution in [-0.4, -0.2) is 29.0 Å². The molecule has 7 heteroatoms. The molecule has 6 nitrogen and oxygen atoms in total. The Bertz CT molecular complexity index is 655. The van der Waals surface area contributed by atoms with Crippen LogP contribution in [0.15, 0.2) is 27.8 Å². The van der Waals surface area contributed by atoms with Crippen LogP contribution in [0, 0.1) is 6.92 Å². The number of carbonyl (C=O) groups is 1. The van der Waals surface area contributed by atoms with E-state index < -0.39 is 0 Å². The quantitative estimate of drug-likeness (QED) is 0.823. The van der Waals surface area contributed by atoms with Crippen LogP contribution in [0.3, 0.4) is 0 Å². The lowest BCUT2D eigenvalue weighted by molar-refractivity contribution is -0.113. The van der Waals surface area contributed by atoms with Gasteiger partial charge >= 0.3 is 0 Å². The van der Waals surface area contributed by atoms with Crippen molar-refractivity contribution in [1.82, 2.24) is 10.2 Å². The molecular weight excluding hydrogens is 302 g/mol. The first kappa shape index (κ1) is 16.4. The molecule has 1 aromatic carbocycles. The normalized spacial score (nSPS) is 10.8. The molecule has 0 spiro atoms. The molecule has 0 radical (unpaired) electrons. The highest BCUT2D eigenvalue weighted by Crippen LogP contribution is 2.23. The molecule has 0 aliphatic rings. The summed E-state index contributed by atoms with van der Waals surface area (Å²) in [5.74, 6) is 1.61. The average Bonchev–Trinajstić information content (AvgIpc) is 2.96. The summed E-state index contributed by atoms with van der Waals surface area (Å²) in [5, 5.41) is 11.1. The molecule has 22 heavy (non-hydrogen) atoms. The minimum atomic E-state index is -0.123. The molecule has 0 atom stereocenters. The average molecular weight is 321 g/mol. The number of hydrogen-bond donors (Lipinski definition) is 1. The zero-order chi connectivity index (χ0) is 16.1. The van der Waals surface area contributed by atoms with E-state index in [1.165, 1.54) is 11.8 Å². The summed E-state index contributed by atoms with van der Waals surface area (Å²) in [6.45, 7) is 5.86. The molecule has 0 unspecified atom stereocenters. The number of anilines is 1. The van der Waals surface area contributed by atoms with Crippen molar-refractivity contribution < 1.29 is 13.9 Å². The van der Waals surface area contributed by atoms with E-state index in [1.54, 1.807) is 7.11 Å². The number of hydrogen-bond acceptors (Lipinski definition) is 6. The fraction of sp³-hybridized carbons (Fsp3) is 0.400. The van der Waals surface area contributed by atoms with Crippen LogP contribution in [0.1, 0.15) is 31.2 Å². The predicted molar refractivity (Wildman–Crippen MR) is 85.5 cm³/mol. The van der Waals surface area contributed by atoms with Crippen LogP contribution in [0.2, 0.25) is 0 Å². The molecule has 0 aliphatic carbocycles. The maximum atomic E-state index is 12.0. The van der Waals surface area contributed by atoms with Gasteiger partial charge in [-0.3, -0.25) is 4.79 Å². The van der Waals surface area contributed by atoms with E-state index in [2.05, 4.69) is 15.5 Å². The number of nitrogens with zero attached hydrogens (tertiary/aromatic N) is 2. The van der Waals surface area contributed by atoms with Crippen molar-refractivity contribution in [3.05, 3.63) is 29.7 Å². The number of nitrogens with one attached hydrogen (secondary N) is 1. The van der Waals surface area contributed by atoms with Gasteiger partial charge < -0.3 is 14.5 Å². The maximum absolute atomic E-state index is 12.0. The molecule has 0 aliphatic heterocycles. The molecule has 0 bridgehead atoms. The van der Waals surface area contributed by atoms with Crippen molar-refractivity contribution in [3.63, 3.8) is 0 Å². The van der Waals surface area contributed by atoms with Gasteiger partial charge in [0.1, 0.15) is 5.75 Å². The third kappa shape index (κ3) is 4.24.